The van der Waals surface area contributed by atoms with E-state index in [1.807, 2.05) is 0 Å². The molecule has 1 amide bonds. The molecule has 1 aliphatic carbocycles. The molecule has 1 aromatic heterocycles. The topological polar surface area (TPSA) is 105 Å². The molecule has 136 valence electrons. The summed E-state index contributed by atoms with van der Waals surface area (Å²) in [5, 5.41) is 15.8. The van der Waals surface area contributed by atoms with Crippen molar-refractivity contribution in [3.05, 3.63) is 51.4 Å². The summed E-state index contributed by atoms with van der Waals surface area (Å²) < 4.78 is 1.08. The Hall–Kier alpha value is -2.87. The molecule has 0 spiro atoms. The van der Waals surface area contributed by atoms with Gasteiger partial charge in [-0.2, -0.15) is 9.78 Å². The van der Waals surface area contributed by atoms with Crippen LogP contribution in [0, 0.1) is 0 Å². The molecule has 0 radical (unpaired) electrons. The third-order valence-corrected chi connectivity index (χ3v) is 4.35. The maximum absolute atomic E-state index is 12.5. The maximum atomic E-state index is 12.5. The molecule has 2 N–H and O–H groups in total. The Labute approximate surface area is 154 Å². The highest BCUT2D eigenvalue weighted by molar-refractivity contribution is 6.33. The standard InChI is InChI=1S/C17H17ClN4O4/c1-21(9-14(23)20-11-4-5-11)13-8-19-22(16(24)15(13)18)12-6-2-10(3-7-12)17(25)26/h2-3,6-8,11H,4-5,9H2,1H3,(H,20,23)(H,25,26). The minimum absolute atomic E-state index is 0.0641. The van der Waals surface area contributed by atoms with Crippen LogP contribution in [0.2, 0.25) is 5.02 Å². The highest BCUT2D eigenvalue weighted by atomic mass is 35.5. The lowest BCUT2D eigenvalue weighted by molar-refractivity contribution is -0.119. The quantitative estimate of drug-likeness (QED) is 0.787. The van der Waals surface area contributed by atoms with Crippen LogP contribution in [0.1, 0.15) is 23.2 Å². The van der Waals surface area contributed by atoms with Gasteiger partial charge in [-0.3, -0.25) is 9.59 Å². The molecule has 2 aromatic rings. The minimum atomic E-state index is -1.06. The molecule has 0 atom stereocenters. The first kappa shape index (κ1) is 17.9. The van der Waals surface area contributed by atoms with E-state index in [2.05, 4.69) is 10.4 Å². The number of nitrogens with one attached hydrogen (secondary N) is 1. The van der Waals surface area contributed by atoms with Crippen molar-refractivity contribution in [1.82, 2.24) is 15.1 Å². The number of likely N-dealkylation sites (N-methyl/N-ethyl adjacent to an activating group) is 1. The van der Waals surface area contributed by atoms with E-state index in [1.54, 1.807) is 11.9 Å². The smallest absolute Gasteiger partial charge is 0.335 e. The first-order valence-electron chi connectivity index (χ1n) is 7.99. The maximum Gasteiger partial charge on any atom is 0.335 e. The first-order chi connectivity index (χ1) is 12.4. The molecular weight excluding hydrogens is 360 g/mol. The fraction of sp³-hybridized carbons (Fsp3) is 0.294. The fourth-order valence-corrected chi connectivity index (χ4v) is 2.69. The molecule has 0 bridgehead atoms. The Bertz CT molecular complexity index is 906. The van der Waals surface area contributed by atoms with Crippen LogP contribution in [0.3, 0.4) is 0 Å². The molecule has 9 heteroatoms. The van der Waals surface area contributed by atoms with Gasteiger partial charge in [-0.1, -0.05) is 11.6 Å². The molecule has 1 aliphatic rings. The number of nitrogens with zero attached hydrogens (tertiary/aromatic N) is 3. The van der Waals surface area contributed by atoms with Crippen molar-refractivity contribution in [2.75, 3.05) is 18.5 Å². The lowest BCUT2D eigenvalue weighted by atomic mass is 10.2. The number of carboxylic acid groups (broad SMARTS) is 1. The number of rotatable bonds is 6. The Morgan fingerprint density at radius 2 is 2.00 bits per heavy atom. The van der Waals surface area contributed by atoms with Gasteiger partial charge in [0.15, 0.2) is 0 Å². The van der Waals surface area contributed by atoms with Crippen molar-refractivity contribution in [1.29, 1.82) is 0 Å². The predicted octanol–water partition coefficient (Wildman–Crippen LogP) is 1.30. The molecular formula is C17H17ClN4O4. The zero-order valence-electron chi connectivity index (χ0n) is 14.0. The van der Waals surface area contributed by atoms with Gasteiger partial charge >= 0.3 is 5.97 Å². The van der Waals surface area contributed by atoms with Crippen LogP contribution in [0.15, 0.2) is 35.3 Å². The highest BCUT2D eigenvalue weighted by Crippen LogP contribution is 2.21. The van der Waals surface area contributed by atoms with Gasteiger partial charge in [0.25, 0.3) is 5.56 Å². The van der Waals surface area contributed by atoms with E-state index in [4.69, 9.17) is 16.7 Å². The number of hydrogen-bond donors (Lipinski definition) is 2. The second-order valence-electron chi connectivity index (χ2n) is 6.11. The van der Waals surface area contributed by atoms with Crippen LogP contribution in [-0.2, 0) is 4.79 Å². The zero-order valence-corrected chi connectivity index (χ0v) is 14.7. The van der Waals surface area contributed by atoms with Crippen LogP contribution in [0.5, 0.6) is 0 Å². The lowest BCUT2D eigenvalue weighted by Crippen LogP contribution is -2.37. The number of benzene rings is 1. The van der Waals surface area contributed by atoms with Crippen molar-refractivity contribution in [2.45, 2.75) is 18.9 Å². The van der Waals surface area contributed by atoms with Crippen LogP contribution in [-0.4, -0.2) is 46.4 Å². The second kappa shape index (κ2) is 7.17. The summed E-state index contributed by atoms with van der Waals surface area (Å²) in [5.41, 5.74) is 0.288. The number of carboxylic acids is 1. The Morgan fingerprint density at radius 3 is 2.58 bits per heavy atom. The SMILES string of the molecule is CN(CC(=O)NC1CC1)c1cnn(-c2ccc(C(=O)O)cc2)c(=O)c1Cl. The van der Waals surface area contributed by atoms with E-state index < -0.39 is 11.5 Å². The summed E-state index contributed by atoms with van der Waals surface area (Å²) in [6.45, 7) is 0.0641. The monoisotopic (exact) mass is 376 g/mol. The first-order valence-corrected chi connectivity index (χ1v) is 8.36. The number of amides is 1. The van der Waals surface area contributed by atoms with Crippen molar-refractivity contribution < 1.29 is 14.7 Å². The van der Waals surface area contributed by atoms with E-state index >= 15 is 0 Å². The van der Waals surface area contributed by atoms with E-state index in [0.717, 1.165) is 17.5 Å². The van der Waals surface area contributed by atoms with Gasteiger partial charge in [0.1, 0.15) is 5.02 Å². The molecule has 3 rings (SSSR count). The van der Waals surface area contributed by atoms with Gasteiger partial charge in [0.2, 0.25) is 5.91 Å². The summed E-state index contributed by atoms with van der Waals surface area (Å²) in [5.74, 6) is -1.20. The number of anilines is 1. The van der Waals surface area contributed by atoms with E-state index in [1.165, 1.54) is 30.5 Å². The number of carbonyl (C=O) groups excluding carboxylic acids is 1. The summed E-state index contributed by atoms with van der Waals surface area (Å²) in [4.78, 5) is 36.9. The fourth-order valence-electron chi connectivity index (χ4n) is 2.42. The molecule has 1 heterocycles. The third kappa shape index (κ3) is 3.85. The summed E-state index contributed by atoms with van der Waals surface area (Å²) >= 11 is 6.19. The van der Waals surface area contributed by atoms with E-state index in [9.17, 15) is 14.4 Å². The second-order valence-corrected chi connectivity index (χ2v) is 6.49. The van der Waals surface area contributed by atoms with Crippen molar-refractivity contribution in [2.24, 2.45) is 0 Å². The number of carbonyl (C=O) groups is 2. The van der Waals surface area contributed by atoms with Gasteiger partial charge in [0, 0.05) is 13.1 Å². The highest BCUT2D eigenvalue weighted by Gasteiger charge is 2.24. The predicted molar refractivity (Wildman–Crippen MR) is 96.2 cm³/mol. The average Bonchev–Trinajstić information content (AvgIpc) is 3.41. The molecule has 26 heavy (non-hydrogen) atoms. The normalized spacial score (nSPS) is 13.3. The number of hydrogen-bond acceptors (Lipinski definition) is 5. The van der Waals surface area contributed by atoms with Crippen molar-refractivity contribution >= 4 is 29.2 Å². The van der Waals surface area contributed by atoms with Crippen LogP contribution < -0.4 is 15.8 Å². The molecule has 0 unspecified atom stereocenters. The van der Waals surface area contributed by atoms with E-state index in [-0.39, 0.29) is 29.1 Å². The zero-order chi connectivity index (χ0) is 18.8. The Kier molecular flexibility index (Phi) is 4.94. The van der Waals surface area contributed by atoms with Crippen LogP contribution in [0.25, 0.3) is 5.69 Å². The van der Waals surface area contributed by atoms with E-state index in [0.29, 0.717) is 11.4 Å². The van der Waals surface area contributed by atoms with Crippen molar-refractivity contribution in [3.8, 4) is 5.69 Å². The van der Waals surface area contributed by atoms with Crippen molar-refractivity contribution in [3.63, 3.8) is 0 Å². The lowest BCUT2D eigenvalue weighted by Gasteiger charge is -2.20. The number of aromatic nitrogens is 2. The summed E-state index contributed by atoms with van der Waals surface area (Å²) in [6.07, 6.45) is 3.39. The minimum Gasteiger partial charge on any atom is -0.478 e. The van der Waals surface area contributed by atoms with Gasteiger partial charge in [0.05, 0.1) is 29.7 Å². The van der Waals surface area contributed by atoms with Crippen LogP contribution >= 0.6 is 11.6 Å². The molecule has 1 saturated carbocycles. The average molecular weight is 377 g/mol. The van der Waals surface area contributed by atoms with Gasteiger partial charge in [-0.25, -0.2) is 4.79 Å². The number of aromatic carboxylic acids is 1. The largest absolute Gasteiger partial charge is 0.478 e. The molecule has 0 aliphatic heterocycles. The van der Waals surface area contributed by atoms with Gasteiger partial charge in [-0.15, -0.1) is 0 Å². The van der Waals surface area contributed by atoms with Gasteiger partial charge < -0.3 is 15.3 Å². The van der Waals surface area contributed by atoms with Crippen LogP contribution in [0.4, 0.5) is 5.69 Å². The van der Waals surface area contributed by atoms with Gasteiger partial charge in [-0.05, 0) is 37.1 Å². The molecule has 1 aromatic carbocycles. The third-order valence-electron chi connectivity index (χ3n) is 3.99. The molecule has 8 nitrogen and oxygen atoms in total. The summed E-state index contributed by atoms with van der Waals surface area (Å²) in [7, 11) is 1.65. The molecule has 0 saturated heterocycles. The molecule has 1 fully saturated rings. The number of halogens is 1. The Morgan fingerprint density at radius 1 is 1.35 bits per heavy atom. The Balaban J connectivity index is 1.82. The summed E-state index contributed by atoms with van der Waals surface area (Å²) in [6, 6.07) is 5.96.